The molecule has 1 fully saturated rings. The van der Waals surface area contributed by atoms with Crippen molar-refractivity contribution in [2.24, 2.45) is 5.92 Å². The maximum absolute atomic E-state index is 10.4. The van der Waals surface area contributed by atoms with Crippen molar-refractivity contribution in [2.45, 2.75) is 32.4 Å². The van der Waals surface area contributed by atoms with Gasteiger partial charge in [0.25, 0.3) is 0 Å². The summed E-state index contributed by atoms with van der Waals surface area (Å²) in [7, 11) is 0. The van der Waals surface area contributed by atoms with E-state index in [2.05, 4.69) is 9.88 Å². The van der Waals surface area contributed by atoms with Gasteiger partial charge in [-0.25, -0.2) is 0 Å². The number of nitrogens with zero attached hydrogens (tertiary/aromatic N) is 2. The molecular weight excluding hydrogens is 264 g/mol. The Labute approximate surface area is 125 Å². The number of hydrogen-bond donors (Lipinski definition) is 1. The summed E-state index contributed by atoms with van der Waals surface area (Å²) in [6.07, 6.45) is 3.29. The smallest absolute Gasteiger partial charge is 0.118 e. The SMILES string of the molecule is Cc1ccc(CN2CCC([C@H](O)c3ccccn3)CC2)o1. The zero-order chi connectivity index (χ0) is 14.7. The molecule has 112 valence electrons. The van der Waals surface area contributed by atoms with E-state index in [1.807, 2.05) is 37.3 Å². The highest BCUT2D eigenvalue weighted by Gasteiger charge is 2.27. The van der Waals surface area contributed by atoms with Crippen LogP contribution in [0.15, 0.2) is 40.9 Å². The minimum atomic E-state index is -0.445. The molecule has 0 spiro atoms. The Balaban J connectivity index is 1.53. The quantitative estimate of drug-likeness (QED) is 0.939. The zero-order valence-corrected chi connectivity index (χ0v) is 12.4. The van der Waals surface area contributed by atoms with E-state index in [-0.39, 0.29) is 0 Å². The monoisotopic (exact) mass is 286 g/mol. The van der Waals surface area contributed by atoms with Crippen LogP contribution < -0.4 is 0 Å². The first kappa shape index (κ1) is 14.3. The lowest BCUT2D eigenvalue weighted by Gasteiger charge is -2.33. The molecule has 1 atom stereocenters. The number of likely N-dealkylation sites (tertiary alicyclic amines) is 1. The molecule has 0 saturated carbocycles. The van der Waals surface area contributed by atoms with E-state index in [4.69, 9.17) is 4.42 Å². The summed E-state index contributed by atoms with van der Waals surface area (Å²) in [5.74, 6) is 2.29. The highest BCUT2D eigenvalue weighted by Crippen LogP contribution is 2.30. The highest BCUT2D eigenvalue weighted by atomic mass is 16.3. The summed E-state index contributed by atoms with van der Waals surface area (Å²) in [6.45, 7) is 4.82. The molecule has 0 bridgehead atoms. The second kappa shape index (κ2) is 6.41. The molecule has 0 aliphatic carbocycles. The molecule has 4 heteroatoms. The highest BCUT2D eigenvalue weighted by molar-refractivity contribution is 5.08. The van der Waals surface area contributed by atoms with Crippen LogP contribution in [0.3, 0.4) is 0 Å². The van der Waals surface area contributed by atoms with Crippen LogP contribution in [0, 0.1) is 12.8 Å². The van der Waals surface area contributed by atoms with Crippen LogP contribution in [0.2, 0.25) is 0 Å². The summed E-state index contributed by atoms with van der Waals surface area (Å²) < 4.78 is 5.63. The number of aryl methyl sites for hydroxylation is 1. The molecule has 0 radical (unpaired) electrons. The molecule has 0 amide bonds. The van der Waals surface area contributed by atoms with Gasteiger partial charge in [0.1, 0.15) is 11.5 Å². The predicted molar refractivity (Wildman–Crippen MR) is 80.6 cm³/mol. The van der Waals surface area contributed by atoms with E-state index in [9.17, 15) is 5.11 Å². The van der Waals surface area contributed by atoms with Gasteiger partial charge in [0.15, 0.2) is 0 Å². The van der Waals surface area contributed by atoms with Gasteiger partial charge in [-0.1, -0.05) is 6.07 Å². The zero-order valence-electron chi connectivity index (χ0n) is 12.4. The lowest BCUT2D eigenvalue weighted by Crippen LogP contribution is -2.35. The van der Waals surface area contributed by atoms with Crippen LogP contribution in [-0.2, 0) is 6.54 Å². The van der Waals surface area contributed by atoms with Crippen LogP contribution in [0.5, 0.6) is 0 Å². The topological polar surface area (TPSA) is 49.5 Å². The van der Waals surface area contributed by atoms with Crippen LogP contribution >= 0.6 is 0 Å². The van der Waals surface area contributed by atoms with Crippen LogP contribution in [-0.4, -0.2) is 28.1 Å². The molecule has 3 heterocycles. The molecule has 3 rings (SSSR count). The summed E-state index contributed by atoms with van der Waals surface area (Å²) in [6, 6.07) is 9.77. The Morgan fingerprint density at radius 3 is 2.71 bits per heavy atom. The van der Waals surface area contributed by atoms with E-state index in [0.717, 1.165) is 49.7 Å². The fourth-order valence-corrected chi connectivity index (χ4v) is 3.01. The number of pyridine rings is 1. The number of piperidine rings is 1. The molecule has 2 aromatic rings. The second-order valence-corrected chi connectivity index (χ2v) is 5.83. The largest absolute Gasteiger partial charge is 0.465 e. The fraction of sp³-hybridized carbons (Fsp3) is 0.471. The number of furan rings is 1. The van der Waals surface area contributed by atoms with Gasteiger partial charge < -0.3 is 9.52 Å². The fourth-order valence-electron chi connectivity index (χ4n) is 3.01. The number of rotatable bonds is 4. The standard InChI is InChI=1S/C17H22N2O2/c1-13-5-6-15(21-13)12-19-10-7-14(8-11-19)17(20)16-4-2-3-9-18-16/h2-6,9,14,17,20H,7-8,10-12H2,1H3/t17-/m0/s1. The van der Waals surface area contributed by atoms with Crippen molar-refractivity contribution < 1.29 is 9.52 Å². The van der Waals surface area contributed by atoms with Gasteiger partial charge >= 0.3 is 0 Å². The van der Waals surface area contributed by atoms with Gasteiger partial charge in [0.2, 0.25) is 0 Å². The number of aliphatic hydroxyl groups excluding tert-OH is 1. The number of aromatic nitrogens is 1. The molecule has 0 aromatic carbocycles. The van der Waals surface area contributed by atoms with Gasteiger partial charge in [-0.3, -0.25) is 9.88 Å². The normalized spacial score (nSPS) is 18.8. The van der Waals surface area contributed by atoms with Crippen LogP contribution in [0.1, 0.15) is 36.2 Å². The Kier molecular flexibility index (Phi) is 4.36. The third-order valence-corrected chi connectivity index (χ3v) is 4.25. The first-order chi connectivity index (χ1) is 10.2. The second-order valence-electron chi connectivity index (χ2n) is 5.83. The summed E-state index contributed by atoms with van der Waals surface area (Å²) in [5, 5.41) is 10.4. The average molecular weight is 286 g/mol. The molecular formula is C17H22N2O2. The number of aliphatic hydroxyl groups is 1. The molecule has 2 aromatic heterocycles. The summed E-state index contributed by atoms with van der Waals surface area (Å²) >= 11 is 0. The van der Waals surface area contributed by atoms with E-state index >= 15 is 0 Å². The van der Waals surface area contributed by atoms with Gasteiger partial charge in [0.05, 0.1) is 18.3 Å². The first-order valence-corrected chi connectivity index (χ1v) is 7.59. The van der Waals surface area contributed by atoms with Crippen molar-refractivity contribution in [3.63, 3.8) is 0 Å². The minimum absolute atomic E-state index is 0.300. The molecule has 21 heavy (non-hydrogen) atoms. The van der Waals surface area contributed by atoms with E-state index in [1.54, 1.807) is 6.20 Å². The van der Waals surface area contributed by atoms with Crippen molar-refractivity contribution in [1.82, 2.24) is 9.88 Å². The third-order valence-electron chi connectivity index (χ3n) is 4.25. The predicted octanol–water partition coefficient (Wildman–Crippen LogP) is 2.93. The molecule has 1 saturated heterocycles. The Hall–Kier alpha value is -1.65. The Bertz CT molecular complexity index is 559. The Morgan fingerprint density at radius 1 is 1.29 bits per heavy atom. The van der Waals surface area contributed by atoms with Crippen LogP contribution in [0.4, 0.5) is 0 Å². The van der Waals surface area contributed by atoms with Gasteiger partial charge in [-0.05, 0) is 63.0 Å². The van der Waals surface area contributed by atoms with Crippen molar-refractivity contribution >= 4 is 0 Å². The van der Waals surface area contributed by atoms with Gasteiger partial charge in [0, 0.05) is 6.20 Å². The molecule has 4 nitrogen and oxygen atoms in total. The summed E-state index contributed by atoms with van der Waals surface area (Å²) in [5.41, 5.74) is 0.789. The number of hydrogen-bond acceptors (Lipinski definition) is 4. The van der Waals surface area contributed by atoms with Gasteiger partial charge in [-0.2, -0.15) is 0 Å². The molecule has 1 aliphatic rings. The molecule has 1 N–H and O–H groups in total. The maximum atomic E-state index is 10.4. The van der Waals surface area contributed by atoms with Crippen molar-refractivity contribution in [3.05, 3.63) is 53.7 Å². The van der Waals surface area contributed by atoms with Crippen LogP contribution in [0.25, 0.3) is 0 Å². The van der Waals surface area contributed by atoms with Crippen molar-refractivity contribution in [1.29, 1.82) is 0 Å². The molecule has 0 unspecified atom stereocenters. The van der Waals surface area contributed by atoms with E-state index in [0.29, 0.717) is 5.92 Å². The lowest BCUT2D eigenvalue weighted by molar-refractivity contribution is 0.0521. The van der Waals surface area contributed by atoms with Crippen molar-refractivity contribution in [2.75, 3.05) is 13.1 Å². The Morgan fingerprint density at radius 2 is 2.10 bits per heavy atom. The van der Waals surface area contributed by atoms with E-state index < -0.39 is 6.10 Å². The van der Waals surface area contributed by atoms with Gasteiger partial charge in [-0.15, -0.1) is 0 Å². The average Bonchev–Trinajstić information content (AvgIpc) is 2.93. The minimum Gasteiger partial charge on any atom is -0.465 e. The third kappa shape index (κ3) is 3.52. The van der Waals surface area contributed by atoms with E-state index in [1.165, 1.54) is 0 Å². The lowest BCUT2D eigenvalue weighted by atomic mass is 9.89. The van der Waals surface area contributed by atoms with Crippen molar-refractivity contribution in [3.8, 4) is 0 Å². The maximum Gasteiger partial charge on any atom is 0.118 e. The molecule has 1 aliphatic heterocycles. The first-order valence-electron chi connectivity index (χ1n) is 7.59. The summed E-state index contributed by atoms with van der Waals surface area (Å²) in [4.78, 5) is 6.65.